The van der Waals surface area contributed by atoms with E-state index >= 15 is 0 Å². The Morgan fingerprint density at radius 1 is 0.909 bits per heavy atom. The van der Waals surface area contributed by atoms with Crippen molar-refractivity contribution in [1.29, 1.82) is 0 Å². The van der Waals surface area contributed by atoms with Gasteiger partial charge in [-0.2, -0.15) is 0 Å². The number of nitrogens with one attached hydrogen (secondary N) is 1. The van der Waals surface area contributed by atoms with Crippen molar-refractivity contribution in [3.05, 3.63) is 70.4 Å². The molecule has 0 heterocycles. The fourth-order valence-electron chi connectivity index (χ4n) is 2.28. The van der Waals surface area contributed by atoms with Crippen LogP contribution in [0.3, 0.4) is 0 Å². The number of hydrogen-bond donors (Lipinski definition) is 1. The molecule has 3 rings (SSSR count). The van der Waals surface area contributed by atoms with E-state index in [1.807, 2.05) is 30.5 Å². The van der Waals surface area contributed by atoms with Crippen molar-refractivity contribution in [3.63, 3.8) is 0 Å². The minimum Gasteiger partial charge on any atom is -0.351 e. The van der Waals surface area contributed by atoms with Crippen LogP contribution in [-0.2, 0) is 0 Å². The van der Waals surface area contributed by atoms with E-state index in [-0.39, 0.29) is 22.3 Å². The van der Waals surface area contributed by atoms with Crippen molar-refractivity contribution in [3.8, 4) is 0 Å². The average Bonchev–Trinajstić information content (AvgIpc) is 2.57. The maximum Gasteiger partial charge on any atom is 0.211 e. The third-order valence-electron chi connectivity index (χ3n) is 3.42. The van der Waals surface area contributed by atoms with E-state index in [1.54, 1.807) is 36.0 Å². The molecule has 0 aromatic heterocycles. The summed E-state index contributed by atoms with van der Waals surface area (Å²) in [5, 5.41) is 2.90. The molecule has 0 bridgehead atoms. The molecule has 5 heteroatoms. The highest BCUT2D eigenvalue weighted by molar-refractivity contribution is 7.98. The van der Waals surface area contributed by atoms with E-state index in [0.29, 0.717) is 16.8 Å². The van der Waals surface area contributed by atoms with Gasteiger partial charge in [0.2, 0.25) is 11.6 Å². The molecule has 0 amide bonds. The van der Waals surface area contributed by atoms with Gasteiger partial charge in [0.05, 0.1) is 0 Å². The van der Waals surface area contributed by atoms with Crippen LogP contribution in [0, 0.1) is 0 Å². The van der Waals surface area contributed by atoms with Crippen LogP contribution in [0.25, 0.3) is 0 Å². The first-order chi connectivity index (χ1) is 10.6. The summed E-state index contributed by atoms with van der Waals surface area (Å²) in [5.74, 6) is -0.603. The van der Waals surface area contributed by atoms with Crippen molar-refractivity contribution >= 4 is 40.6 Å². The van der Waals surface area contributed by atoms with Gasteiger partial charge in [0.25, 0.3) is 0 Å². The largest absolute Gasteiger partial charge is 0.351 e. The highest BCUT2D eigenvalue weighted by Gasteiger charge is 2.31. The lowest BCUT2D eigenvalue weighted by Crippen LogP contribution is -2.24. The summed E-state index contributed by atoms with van der Waals surface area (Å²) in [7, 11) is 0. The van der Waals surface area contributed by atoms with Crippen molar-refractivity contribution in [2.24, 2.45) is 0 Å². The molecule has 0 atom stereocenters. The highest BCUT2D eigenvalue weighted by atomic mass is 35.5. The zero-order valence-electron chi connectivity index (χ0n) is 11.7. The monoisotopic (exact) mass is 329 g/mol. The van der Waals surface area contributed by atoms with Gasteiger partial charge in [0.1, 0.15) is 10.7 Å². The number of carbonyl (C=O) groups excluding carboxylic acids is 2. The molecule has 3 nitrogen and oxygen atoms in total. The maximum absolute atomic E-state index is 12.5. The van der Waals surface area contributed by atoms with Crippen LogP contribution in [0.4, 0.5) is 5.69 Å². The standard InChI is InChI=1S/C17H12ClNO2S/c1-22-11-8-6-10(7-9-11)19-15-14(18)16(20)12-4-2-3-5-13(12)17(15)21/h2-9,19H,1H3. The lowest BCUT2D eigenvalue weighted by molar-refractivity contribution is 0.0982. The molecule has 110 valence electrons. The Bertz CT molecular complexity index is 797. The molecular formula is C17H12ClNO2S. The summed E-state index contributed by atoms with van der Waals surface area (Å²) >= 11 is 7.74. The predicted molar refractivity (Wildman–Crippen MR) is 89.8 cm³/mol. The number of hydrogen-bond acceptors (Lipinski definition) is 4. The Labute approximate surface area is 137 Å². The van der Waals surface area contributed by atoms with E-state index < -0.39 is 0 Å². The van der Waals surface area contributed by atoms with Gasteiger partial charge in [-0.1, -0.05) is 35.9 Å². The van der Waals surface area contributed by atoms with E-state index in [2.05, 4.69) is 5.32 Å². The fourth-order valence-corrected chi connectivity index (χ4v) is 2.92. The number of halogens is 1. The molecule has 0 spiro atoms. The number of benzene rings is 2. The van der Waals surface area contributed by atoms with Crippen LogP contribution in [0.15, 0.2) is 64.2 Å². The Kier molecular flexibility index (Phi) is 4.05. The third-order valence-corrected chi connectivity index (χ3v) is 4.53. The zero-order valence-corrected chi connectivity index (χ0v) is 13.3. The van der Waals surface area contributed by atoms with E-state index in [9.17, 15) is 9.59 Å². The number of thioether (sulfide) groups is 1. The minimum atomic E-state index is -0.333. The Hall–Kier alpha value is -2.04. The van der Waals surface area contributed by atoms with Crippen molar-refractivity contribution in [2.75, 3.05) is 11.6 Å². The first kappa shape index (κ1) is 14.9. The fraction of sp³-hybridized carbons (Fsp3) is 0.0588. The van der Waals surface area contributed by atoms with E-state index in [4.69, 9.17) is 11.6 Å². The smallest absolute Gasteiger partial charge is 0.211 e. The second-order valence-electron chi connectivity index (χ2n) is 4.75. The second-order valence-corrected chi connectivity index (χ2v) is 6.00. The van der Waals surface area contributed by atoms with Gasteiger partial charge in [-0.05, 0) is 30.5 Å². The van der Waals surface area contributed by atoms with Gasteiger partial charge < -0.3 is 5.32 Å². The van der Waals surface area contributed by atoms with Gasteiger partial charge in [0.15, 0.2) is 0 Å². The second kappa shape index (κ2) is 5.99. The summed E-state index contributed by atoms with van der Waals surface area (Å²) in [5.41, 5.74) is 1.56. The average molecular weight is 330 g/mol. The molecule has 2 aromatic carbocycles. The highest BCUT2D eigenvalue weighted by Crippen LogP contribution is 2.29. The number of carbonyl (C=O) groups is 2. The summed E-state index contributed by atoms with van der Waals surface area (Å²) in [4.78, 5) is 25.9. The minimum absolute atomic E-state index is 0.0716. The predicted octanol–water partition coefficient (Wildman–Crippen LogP) is 4.35. The first-order valence-corrected chi connectivity index (χ1v) is 8.21. The molecule has 2 aromatic rings. The third kappa shape index (κ3) is 2.56. The zero-order chi connectivity index (χ0) is 15.7. The first-order valence-electron chi connectivity index (χ1n) is 6.61. The normalized spacial score (nSPS) is 14.1. The lowest BCUT2D eigenvalue weighted by Gasteiger charge is -2.19. The molecule has 1 N–H and O–H groups in total. The Morgan fingerprint density at radius 3 is 2.09 bits per heavy atom. The topological polar surface area (TPSA) is 46.2 Å². The van der Waals surface area contributed by atoms with Gasteiger partial charge in [-0.15, -0.1) is 11.8 Å². The summed E-state index contributed by atoms with van der Waals surface area (Å²) in [6.45, 7) is 0. The summed E-state index contributed by atoms with van der Waals surface area (Å²) in [6.07, 6.45) is 1.99. The number of anilines is 1. The van der Waals surface area contributed by atoms with Crippen LogP contribution >= 0.6 is 23.4 Å². The molecule has 0 saturated heterocycles. The van der Waals surface area contributed by atoms with Crippen LogP contribution in [0.2, 0.25) is 0 Å². The molecule has 1 aliphatic carbocycles. The number of Topliss-reactive ketones (excluding diaryl/α,β-unsaturated/α-hetero) is 2. The van der Waals surface area contributed by atoms with Crippen LogP contribution < -0.4 is 5.32 Å². The molecule has 0 saturated carbocycles. The number of fused-ring (bicyclic) bond motifs is 1. The quantitative estimate of drug-likeness (QED) is 0.850. The molecule has 0 radical (unpaired) electrons. The van der Waals surface area contributed by atoms with Crippen LogP contribution in [0.5, 0.6) is 0 Å². The summed E-state index contributed by atoms with van der Waals surface area (Å²) in [6, 6.07) is 14.3. The molecule has 0 unspecified atom stereocenters. The molecule has 0 fully saturated rings. The Balaban J connectivity index is 1.97. The van der Waals surface area contributed by atoms with Gasteiger partial charge >= 0.3 is 0 Å². The number of rotatable bonds is 3. The van der Waals surface area contributed by atoms with Crippen LogP contribution in [0.1, 0.15) is 20.7 Å². The SMILES string of the molecule is CSc1ccc(NC2=C(Cl)C(=O)c3ccccc3C2=O)cc1. The van der Waals surface area contributed by atoms with Crippen molar-refractivity contribution in [1.82, 2.24) is 0 Å². The molecular weight excluding hydrogens is 318 g/mol. The molecule has 1 aliphatic rings. The lowest BCUT2D eigenvalue weighted by atomic mass is 9.92. The maximum atomic E-state index is 12.5. The van der Waals surface area contributed by atoms with Gasteiger partial charge in [-0.3, -0.25) is 9.59 Å². The van der Waals surface area contributed by atoms with Gasteiger partial charge in [-0.25, -0.2) is 0 Å². The number of allylic oxidation sites excluding steroid dienone is 2. The Morgan fingerprint density at radius 2 is 1.50 bits per heavy atom. The van der Waals surface area contributed by atoms with E-state index in [0.717, 1.165) is 4.90 Å². The van der Waals surface area contributed by atoms with E-state index in [1.165, 1.54) is 0 Å². The van der Waals surface area contributed by atoms with Crippen molar-refractivity contribution in [2.45, 2.75) is 4.90 Å². The van der Waals surface area contributed by atoms with Gasteiger partial charge in [0, 0.05) is 21.7 Å². The molecule has 0 aliphatic heterocycles. The number of ketones is 2. The molecule has 22 heavy (non-hydrogen) atoms. The van der Waals surface area contributed by atoms with Crippen LogP contribution in [-0.4, -0.2) is 17.8 Å². The van der Waals surface area contributed by atoms with Crippen molar-refractivity contribution < 1.29 is 9.59 Å². The summed E-state index contributed by atoms with van der Waals surface area (Å²) < 4.78 is 0.